The molecule has 0 fully saturated rings. The molecule has 0 aliphatic heterocycles. The fourth-order valence-corrected chi connectivity index (χ4v) is 4.77. The zero-order chi connectivity index (χ0) is 24.2. The molecule has 0 saturated heterocycles. The van der Waals surface area contributed by atoms with Crippen LogP contribution in [0.15, 0.2) is 57.8 Å². The van der Waals surface area contributed by atoms with E-state index in [1.54, 1.807) is 29.2 Å². The molecular formula is C22H20N8O3S2. The summed E-state index contributed by atoms with van der Waals surface area (Å²) in [4.78, 5) is 29.5. The summed E-state index contributed by atoms with van der Waals surface area (Å²) < 4.78 is 6.80. The Hall–Kier alpha value is -4.10. The Morgan fingerprint density at radius 1 is 1.14 bits per heavy atom. The molecule has 13 heteroatoms. The van der Waals surface area contributed by atoms with Crippen LogP contribution in [-0.2, 0) is 6.42 Å². The molecule has 0 spiro atoms. The first-order chi connectivity index (χ1) is 17.0. The average Bonchev–Trinajstić information content (AvgIpc) is 3.60. The van der Waals surface area contributed by atoms with Crippen LogP contribution < -0.4 is 15.8 Å². The molecule has 11 nitrogen and oxygen atoms in total. The maximum Gasteiger partial charge on any atom is 0.326 e. The summed E-state index contributed by atoms with van der Waals surface area (Å²) in [6.07, 6.45) is 2.21. The van der Waals surface area contributed by atoms with Crippen LogP contribution in [0.4, 0.5) is 16.2 Å². The first-order valence-electron chi connectivity index (χ1n) is 10.8. The smallest absolute Gasteiger partial charge is 0.326 e. The van der Waals surface area contributed by atoms with Gasteiger partial charge >= 0.3 is 6.03 Å². The van der Waals surface area contributed by atoms with Gasteiger partial charge in [0.05, 0.1) is 16.3 Å². The number of fused-ring (bicyclic) bond motifs is 1. The van der Waals surface area contributed by atoms with Gasteiger partial charge in [-0.3, -0.25) is 9.69 Å². The van der Waals surface area contributed by atoms with E-state index in [1.807, 2.05) is 18.2 Å². The van der Waals surface area contributed by atoms with Gasteiger partial charge < -0.3 is 14.8 Å². The second kappa shape index (κ2) is 10.0. The third-order valence-electron chi connectivity index (χ3n) is 5.33. The molecule has 35 heavy (non-hydrogen) atoms. The fourth-order valence-electron chi connectivity index (χ4n) is 3.63. The second-order valence-corrected chi connectivity index (χ2v) is 9.44. The fraction of sp³-hybridized carbons (Fsp3) is 0.182. The van der Waals surface area contributed by atoms with Gasteiger partial charge in [0.25, 0.3) is 5.56 Å². The maximum atomic E-state index is 13.3. The van der Waals surface area contributed by atoms with Crippen LogP contribution in [0.25, 0.3) is 21.5 Å². The van der Waals surface area contributed by atoms with Crippen LogP contribution in [0.1, 0.15) is 18.7 Å². The zero-order valence-corrected chi connectivity index (χ0v) is 19.9. The predicted molar refractivity (Wildman–Crippen MR) is 135 cm³/mol. The zero-order valence-electron chi connectivity index (χ0n) is 18.3. The summed E-state index contributed by atoms with van der Waals surface area (Å²) in [5.74, 6) is 1.08. The number of nitrogens with zero attached hydrogens (tertiary/aromatic N) is 4. The molecule has 0 aliphatic rings. The molecule has 0 radical (unpaired) electrons. The van der Waals surface area contributed by atoms with E-state index in [4.69, 9.17) is 16.7 Å². The Labute approximate surface area is 207 Å². The number of aromatic nitrogens is 6. The van der Waals surface area contributed by atoms with Gasteiger partial charge in [-0.2, -0.15) is 10.4 Å². The minimum atomic E-state index is -0.309. The second-order valence-electron chi connectivity index (χ2n) is 7.72. The number of H-pyrrole nitrogens is 3. The van der Waals surface area contributed by atoms with E-state index in [9.17, 15) is 9.59 Å². The molecule has 0 unspecified atom stereocenters. The number of unbranched alkanes of at least 4 members (excludes halogenated alkanes) is 1. The number of nitrogens with one attached hydrogen (secondary N) is 4. The number of carbonyl (C=O) groups excluding carboxylic acids is 1. The molecule has 0 aliphatic carbocycles. The van der Waals surface area contributed by atoms with Crippen molar-refractivity contribution in [3.05, 3.63) is 68.7 Å². The summed E-state index contributed by atoms with van der Waals surface area (Å²) >= 11 is 6.72. The van der Waals surface area contributed by atoms with Crippen molar-refractivity contribution in [1.82, 2.24) is 30.8 Å². The van der Waals surface area contributed by atoms with Gasteiger partial charge in [0, 0.05) is 29.9 Å². The van der Waals surface area contributed by atoms with E-state index in [-0.39, 0.29) is 11.6 Å². The minimum absolute atomic E-state index is 0.260. The van der Waals surface area contributed by atoms with Crippen molar-refractivity contribution < 1.29 is 9.32 Å². The average molecular weight is 509 g/mol. The third kappa shape index (κ3) is 5.36. The molecular weight excluding hydrogens is 488 g/mol. The van der Waals surface area contributed by atoms with Crippen molar-refractivity contribution in [2.24, 2.45) is 0 Å². The van der Waals surface area contributed by atoms with Crippen LogP contribution in [0.2, 0.25) is 0 Å². The van der Waals surface area contributed by atoms with E-state index in [1.165, 1.54) is 17.4 Å². The van der Waals surface area contributed by atoms with Gasteiger partial charge in [0.1, 0.15) is 0 Å². The predicted octanol–water partition coefficient (Wildman–Crippen LogP) is 4.48. The molecule has 0 saturated carbocycles. The number of hydrogen-bond acceptors (Lipinski definition) is 8. The van der Waals surface area contributed by atoms with Crippen molar-refractivity contribution in [2.45, 2.75) is 19.3 Å². The van der Waals surface area contributed by atoms with Crippen LogP contribution in [-0.4, -0.2) is 43.3 Å². The number of anilines is 2. The molecule has 2 amide bonds. The largest absolute Gasteiger partial charge is 0.378 e. The Morgan fingerprint density at radius 3 is 2.74 bits per heavy atom. The highest BCUT2D eigenvalue weighted by Gasteiger charge is 2.17. The monoisotopic (exact) mass is 508 g/mol. The quantitative estimate of drug-likeness (QED) is 0.178. The number of urea groups is 1. The number of rotatable bonds is 8. The number of benzene rings is 2. The Morgan fingerprint density at radius 2 is 2.00 bits per heavy atom. The van der Waals surface area contributed by atoms with E-state index < -0.39 is 0 Å². The summed E-state index contributed by atoms with van der Waals surface area (Å²) in [5.41, 5.74) is 2.74. The lowest BCUT2D eigenvalue weighted by Gasteiger charge is -2.23. The van der Waals surface area contributed by atoms with Gasteiger partial charge in [-0.25, -0.2) is 4.79 Å². The van der Waals surface area contributed by atoms with Crippen LogP contribution >= 0.6 is 23.6 Å². The summed E-state index contributed by atoms with van der Waals surface area (Å²) in [5, 5.41) is 19.2. The number of aryl methyl sites for hydroxylation is 1. The first-order valence-corrected chi connectivity index (χ1v) is 12.0. The SMILES string of the molecule is O=C(Nc1ccc(-c2cc(=O)[nH]o2)cc1)N(CCCCc1nn[nH]n1)c1ccc2[nH]c(=S)sc2c1. The Bertz CT molecular complexity index is 1550. The van der Waals surface area contributed by atoms with Gasteiger partial charge in [-0.05, 0) is 67.5 Å². The molecule has 0 bridgehead atoms. The van der Waals surface area contributed by atoms with Gasteiger partial charge in [-0.15, -0.1) is 21.5 Å². The van der Waals surface area contributed by atoms with Gasteiger partial charge in [0.15, 0.2) is 15.5 Å². The number of aromatic amines is 3. The summed E-state index contributed by atoms with van der Waals surface area (Å²) in [6.45, 7) is 0.498. The van der Waals surface area contributed by atoms with Gasteiger partial charge in [-0.1, -0.05) is 5.21 Å². The molecule has 178 valence electrons. The van der Waals surface area contributed by atoms with Crippen LogP contribution in [0, 0.1) is 3.95 Å². The lowest BCUT2D eigenvalue weighted by Crippen LogP contribution is -2.35. The standard InChI is InChI=1S/C22H20N8O3S2/c31-20-12-17(33-27-20)13-4-6-14(7-5-13)23-21(32)30(10-2-1-3-19-25-28-29-26-19)15-8-9-16-18(11-15)35-22(34)24-16/h4-9,11-12H,1-3,10H2,(H,23,32)(H,24,34)(H,27,31)(H,25,26,28,29). The van der Waals surface area contributed by atoms with E-state index >= 15 is 0 Å². The number of hydrogen-bond donors (Lipinski definition) is 4. The highest BCUT2D eigenvalue weighted by molar-refractivity contribution is 7.73. The number of carbonyl (C=O) groups is 1. The number of amides is 2. The number of tetrazole rings is 1. The lowest BCUT2D eigenvalue weighted by molar-refractivity contribution is 0.256. The van der Waals surface area contributed by atoms with Crippen molar-refractivity contribution in [3.8, 4) is 11.3 Å². The molecule has 5 aromatic rings. The first kappa shape index (κ1) is 22.7. The van der Waals surface area contributed by atoms with Crippen LogP contribution in [0.5, 0.6) is 0 Å². The van der Waals surface area contributed by atoms with E-state index in [2.05, 4.69) is 36.1 Å². The van der Waals surface area contributed by atoms with Gasteiger partial charge in [0.2, 0.25) is 0 Å². The highest BCUT2D eigenvalue weighted by Crippen LogP contribution is 2.27. The Balaban J connectivity index is 1.32. The summed E-state index contributed by atoms with van der Waals surface area (Å²) in [7, 11) is 0. The van der Waals surface area contributed by atoms with Crippen molar-refractivity contribution in [1.29, 1.82) is 0 Å². The lowest BCUT2D eigenvalue weighted by atomic mass is 10.1. The maximum absolute atomic E-state index is 13.3. The molecule has 0 atom stereocenters. The van der Waals surface area contributed by atoms with Crippen LogP contribution in [0.3, 0.4) is 0 Å². The van der Waals surface area contributed by atoms with Crippen molar-refractivity contribution in [3.63, 3.8) is 0 Å². The summed E-state index contributed by atoms with van der Waals surface area (Å²) in [6, 6.07) is 14.0. The van der Waals surface area contributed by atoms with Crippen molar-refractivity contribution >= 4 is 51.2 Å². The molecule has 2 aromatic carbocycles. The third-order valence-corrected chi connectivity index (χ3v) is 6.52. The molecule has 3 aromatic heterocycles. The molecule has 5 rings (SSSR count). The Kier molecular flexibility index (Phi) is 6.50. The topological polar surface area (TPSA) is 149 Å². The molecule has 4 N–H and O–H groups in total. The highest BCUT2D eigenvalue weighted by atomic mass is 32.1. The van der Waals surface area contributed by atoms with E-state index in [0.29, 0.717) is 34.2 Å². The van der Waals surface area contributed by atoms with E-state index in [0.717, 1.165) is 34.3 Å². The number of thiazole rings is 1. The minimum Gasteiger partial charge on any atom is -0.378 e. The normalized spacial score (nSPS) is 11.1. The molecule has 3 heterocycles. The van der Waals surface area contributed by atoms with Crippen molar-refractivity contribution in [2.75, 3.05) is 16.8 Å².